The molecule has 2 aromatic heterocycles. The number of carbonyl (C=O) groups is 1. The Morgan fingerprint density at radius 2 is 1.93 bits per heavy atom. The Hall–Kier alpha value is -3.32. The van der Waals surface area contributed by atoms with E-state index in [1.807, 2.05) is 53.5 Å². The first-order valence-electron chi connectivity index (χ1n) is 9.12. The molecule has 4 rings (SSSR count). The summed E-state index contributed by atoms with van der Waals surface area (Å²) < 4.78 is 15.0. The van der Waals surface area contributed by atoms with Crippen LogP contribution in [0, 0.1) is 5.82 Å². The molecule has 2 aromatic carbocycles. The minimum Gasteiger partial charge on any atom is -0.342 e. The molecule has 7 heteroatoms. The van der Waals surface area contributed by atoms with Crippen LogP contribution in [0.3, 0.4) is 0 Å². The first-order valence-corrected chi connectivity index (χ1v) is 10.00. The van der Waals surface area contributed by atoms with E-state index in [1.54, 1.807) is 18.3 Å². The zero-order chi connectivity index (χ0) is 20.2. The van der Waals surface area contributed by atoms with Crippen molar-refractivity contribution in [2.75, 3.05) is 0 Å². The van der Waals surface area contributed by atoms with Gasteiger partial charge in [0.2, 0.25) is 5.91 Å². The number of aryl methyl sites for hydroxylation is 1. The molecule has 5 nitrogen and oxygen atoms in total. The smallest absolute Gasteiger partial charge is 0.226 e. The average molecular weight is 406 g/mol. The number of halogens is 1. The van der Waals surface area contributed by atoms with Gasteiger partial charge < -0.3 is 9.88 Å². The molecule has 0 aliphatic heterocycles. The van der Waals surface area contributed by atoms with E-state index in [-0.39, 0.29) is 24.2 Å². The number of nitrogens with one attached hydrogen (secondary N) is 1. The second kappa shape index (κ2) is 8.36. The van der Waals surface area contributed by atoms with E-state index < -0.39 is 0 Å². The van der Waals surface area contributed by atoms with Crippen molar-refractivity contribution >= 4 is 17.2 Å². The van der Waals surface area contributed by atoms with Crippen LogP contribution in [-0.2, 0) is 18.3 Å². The SMILES string of the molecule is Cn1ccnc1C(NC(=O)Cc1csc(-c2ccc(F)cc2)n1)c1ccccc1. The van der Waals surface area contributed by atoms with Crippen molar-refractivity contribution in [1.29, 1.82) is 0 Å². The fourth-order valence-corrected chi connectivity index (χ4v) is 3.91. The third-order valence-electron chi connectivity index (χ3n) is 4.54. The number of rotatable bonds is 6. The molecule has 1 atom stereocenters. The van der Waals surface area contributed by atoms with Crippen LogP contribution >= 0.6 is 11.3 Å². The van der Waals surface area contributed by atoms with Crippen molar-refractivity contribution in [2.45, 2.75) is 12.5 Å². The van der Waals surface area contributed by atoms with Crippen LogP contribution in [0.2, 0.25) is 0 Å². The molecule has 1 amide bonds. The Labute approximate surface area is 171 Å². The first-order chi connectivity index (χ1) is 14.1. The molecule has 4 aromatic rings. The van der Waals surface area contributed by atoms with E-state index in [2.05, 4.69) is 15.3 Å². The Morgan fingerprint density at radius 3 is 2.62 bits per heavy atom. The molecule has 0 spiro atoms. The number of thiazole rings is 1. The van der Waals surface area contributed by atoms with Crippen LogP contribution in [0.4, 0.5) is 4.39 Å². The highest BCUT2D eigenvalue weighted by atomic mass is 32.1. The van der Waals surface area contributed by atoms with E-state index >= 15 is 0 Å². The van der Waals surface area contributed by atoms with Gasteiger partial charge in [-0.05, 0) is 29.8 Å². The lowest BCUT2D eigenvalue weighted by atomic mass is 10.1. The molecule has 0 saturated heterocycles. The van der Waals surface area contributed by atoms with Gasteiger partial charge in [0, 0.05) is 30.4 Å². The molecule has 2 heterocycles. The summed E-state index contributed by atoms with van der Waals surface area (Å²) in [4.78, 5) is 21.7. The number of hydrogen-bond acceptors (Lipinski definition) is 4. The molecule has 0 radical (unpaired) electrons. The van der Waals surface area contributed by atoms with Crippen molar-refractivity contribution in [1.82, 2.24) is 19.9 Å². The summed E-state index contributed by atoms with van der Waals surface area (Å²) >= 11 is 1.44. The summed E-state index contributed by atoms with van der Waals surface area (Å²) in [5, 5.41) is 5.69. The standard InChI is InChI=1S/C22H19FN4OS/c1-27-12-11-24-21(27)20(15-5-3-2-4-6-15)26-19(28)13-18-14-29-22(25-18)16-7-9-17(23)10-8-16/h2-12,14,20H,13H2,1H3,(H,26,28). The van der Waals surface area contributed by atoms with Gasteiger partial charge in [-0.15, -0.1) is 11.3 Å². The number of carbonyl (C=O) groups excluding carboxylic acids is 1. The Bertz CT molecular complexity index is 1110. The zero-order valence-electron chi connectivity index (χ0n) is 15.7. The molecule has 1 N–H and O–H groups in total. The lowest BCUT2D eigenvalue weighted by molar-refractivity contribution is -0.121. The monoisotopic (exact) mass is 406 g/mol. The second-order valence-corrected chi connectivity index (χ2v) is 7.49. The number of nitrogens with zero attached hydrogens (tertiary/aromatic N) is 3. The Balaban J connectivity index is 1.50. The second-order valence-electron chi connectivity index (χ2n) is 6.64. The van der Waals surface area contributed by atoms with Gasteiger partial charge in [-0.3, -0.25) is 4.79 Å². The van der Waals surface area contributed by atoms with Crippen LogP contribution in [0.5, 0.6) is 0 Å². The molecule has 0 fully saturated rings. The van der Waals surface area contributed by atoms with Crippen LogP contribution in [0.15, 0.2) is 72.4 Å². The van der Waals surface area contributed by atoms with Gasteiger partial charge in [-0.25, -0.2) is 14.4 Å². The summed E-state index contributed by atoms with van der Waals surface area (Å²) in [6.07, 6.45) is 3.73. The van der Waals surface area contributed by atoms with Crippen LogP contribution in [-0.4, -0.2) is 20.4 Å². The summed E-state index contributed by atoms with van der Waals surface area (Å²) in [5.41, 5.74) is 2.47. The molecule has 0 aliphatic carbocycles. The largest absolute Gasteiger partial charge is 0.342 e. The van der Waals surface area contributed by atoms with Crippen LogP contribution < -0.4 is 5.32 Å². The van der Waals surface area contributed by atoms with Gasteiger partial charge in [-0.1, -0.05) is 30.3 Å². The third kappa shape index (κ3) is 4.41. The molecule has 0 bridgehead atoms. The van der Waals surface area contributed by atoms with E-state index in [9.17, 15) is 9.18 Å². The van der Waals surface area contributed by atoms with Crippen LogP contribution in [0.1, 0.15) is 23.1 Å². The molecule has 29 heavy (non-hydrogen) atoms. The van der Waals surface area contributed by atoms with Crippen molar-refractivity contribution < 1.29 is 9.18 Å². The molecule has 146 valence electrons. The summed E-state index contributed by atoms with van der Waals surface area (Å²) in [6.45, 7) is 0. The fraction of sp³-hybridized carbons (Fsp3) is 0.136. The van der Waals surface area contributed by atoms with E-state index in [0.717, 1.165) is 22.0 Å². The molecule has 1 unspecified atom stereocenters. The third-order valence-corrected chi connectivity index (χ3v) is 5.48. The van der Waals surface area contributed by atoms with Crippen molar-refractivity contribution in [3.8, 4) is 10.6 Å². The molecule has 0 aliphatic rings. The predicted octanol–water partition coefficient (Wildman–Crippen LogP) is 4.13. The highest BCUT2D eigenvalue weighted by molar-refractivity contribution is 7.13. The maximum atomic E-state index is 13.1. The highest BCUT2D eigenvalue weighted by Gasteiger charge is 2.21. The number of aromatic nitrogens is 3. The number of hydrogen-bond donors (Lipinski definition) is 1. The van der Waals surface area contributed by atoms with Gasteiger partial charge >= 0.3 is 0 Å². The summed E-state index contributed by atoms with van der Waals surface area (Å²) in [6, 6.07) is 15.6. The zero-order valence-corrected chi connectivity index (χ0v) is 16.6. The molecule has 0 saturated carbocycles. The predicted molar refractivity (Wildman–Crippen MR) is 111 cm³/mol. The summed E-state index contributed by atoms with van der Waals surface area (Å²) in [7, 11) is 1.90. The lowest BCUT2D eigenvalue weighted by Gasteiger charge is -2.19. The van der Waals surface area contributed by atoms with E-state index in [0.29, 0.717) is 5.69 Å². The lowest BCUT2D eigenvalue weighted by Crippen LogP contribution is -2.32. The maximum Gasteiger partial charge on any atom is 0.226 e. The maximum absolute atomic E-state index is 13.1. The number of benzene rings is 2. The average Bonchev–Trinajstić information content (AvgIpc) is 3.36. The van der Waals surface area contributed by atoms with E-state index in [4.69, 9.17) is 0 Å². The Kier molecular flexibility index (Phi) is 5.48. The van der Waals surface area contributed by atoms with Gasteiger partial charge in [-0.2, -0.15) is 0 Å². The first kappa shape index (κ1) is 19.0. The number of imidazole rings is 1. The fourth-order valence-electron chi connectivity index (χ4n) is 3.09. The normalized spacial score (nSPS) is 11.9. The quantitative estimate of drug-likeness (QED) is 0.524. The minimum atomic E-state index is -0.348. The van der Waals surface area contributed by atoms with Crippen molar-refractivity contribution in [3.63, 3.8) is 0 Å². The summed E-state index contributed by atoms with van der Waals surface area (Å²) in [5.74, 6) is 0.332. The van der Waals surface area contributed by atoms with Crippen molar-refractivity contribution in [3.05, 3.63) is 95.3 Å². The van der Waals surface area contributed by atoms with Gasteiger partial charge in [0.15, 0.2) is 0 Å². The van der Waals surface area contributed by atoms with Crippen molar-refractivity contribution in [2.24, 2.45) is 7.05 Å². The molecular formula is C22H19FN4OS. The molecular weight excluding hydrogens is 387 g/mol. The Morgan fingerprint density at radius 1 is 1.17 bits per heavy atom. The number of amides is 1. The van der Waals surface area contributed by atoms with Gasteiger partial charge in [0.1, 0.15) is 22.7 Å². The van der Waals surface area contributed by atoms with E-state index in [1.165, 1.54) is 23.5 Å². The van der Waals surface area contributed by atoms with Gasteiger partial charge in [0.25, 0.3) is 0 Å². The topological polar surface area (TPSA) is 59.8 Å². The van der Waals surface area contributed by atoms with Crippen LogP contribution in [0.25, 0.3) is 10.6 Å². The minimum absolute atomic E-state index is 0.141. The highest BCUT2D eigenvalue weighted by Crippen LogP contribution is 2.25. The van der Waals surface area contributed by atoms with Gasteiger partial charge in [0.05, 0.1) is 12.1 Å².